The second kappa shape index (κ2) is 6.81. The number of rotatable bonds is 5. The van der Waals surface area contributed by atoms with E-state index < -0.39 is 6.10 Å². The number of nitrogens with zero attached hydrogens (tertiary/aromatic N) is 3. The van der Waals surface area contributed by atoms with Gasteiger partial charge in [0.05, 0.1) is 42.7 Å². The molecule has 2 heterocycles. The topological polar surface area (TPSA) is 59.8 Å². The number of aliphatic hydroxyl groups is 1. The Kier molecular flexibility index (Phi) is 5.35. The molecule has 0 bridgehead atoms. The Morgan fingerprint density at radius 2 is 2.37 bits per heavy atom. The van der Waals surface area contributed by atoms with Gasteiger partial charge in [-0.05, 0) is 30.0 Å². The maximum Gasteiger partial charge on any atom is 0.125 e. The van der Waals surface area contributed by atoms with Crippen LogP contribution in [0.15, 0.2) is 10.7 Å². The second-order valence-corrected chi connectivity index (χ2v) is 5.69. The molecule has 6 nitrogen and oxygen atoms in total. The summed E-state index contributed by atoms with van der Waals surface area (Å²) < 4.78 is 13.5. The number of hydrogen-bond acceptors (Lipinski definition) is 5. The third kappa shape index (κ3) is 3.76. The number of ether oxygens (including phenoxy) is 2. The summed E-state index contributed by atoms with van der Waals surface area (Å²) in [5.74, 6) is 0. The fourth-order valence-electron chi connectivity index (χ4n) is 2.00. The van der Waals surface area contributed by atoms with Gasteiger partial charge in [0.2, 0.25) is 0 Å². The number of aliphatic hydroxyl groups excluding tert-OH is 1. The molecule has 1 aliphatic heterocycles. The zero-order valence-electron chi connectivity index (χ0n) is 11.3. The third-order valence-corrected chi connectivity index (χ3v) is 3.68. The van der Waals surface area contributed by atoms with E-state index in [-0.39, 0.29) is 6.10 Å². The van der Waals surface area contributed by atoms with Gasteiger partial charge in [-0.2, -0.15) is 5.10 Å². The van der Waals surface area contributed by atoms with Crippen LogP contribution < -0.4 is 0 Å². The molecule has 2 atom stereocenters. The molecule has 1 aliphatic rings. The molecule has 1 saturated heterocycles. The van der Waals surface area contributed by atoms with Crippen molar-refractivity contribution in [2.75, 3.05) is 40.5 Å². The third-order valence-electron chi connectivity index (χ3n) is 3.07. The average Bonchev–Trinajstić information content (AvgIpc) is 2.78. The SMILES string of the molecule is CN(C)CCn1ncc(Br)c1C(O)C1COCCO1. The Hall–Kier alpha value is -0.470. The summed E-state index contributed by atoms with van der Waals surface area (Å²) in [5.41, 5.74) is 0.748. The predicted octanol–water partition coefficient (Wildman–Crippen LogP) is 0.656. The Bertz CT molecular complexity index is 405. The summed E-state index contributed by atoms with van der Waals surface area (Å²) in [6, 6.07) is 0. The van der Waals surface area contributed by atoms with E-state index in [9.17, 15) is 5.11 Å². The summed E-state index contributed by atoms with van der Waals surface area (Å²) in [7, 11) is 4.01. The van der Waals surface area contributed by atoms with Crippen LogP contribution >= 0.6 is 15.9 Å². The van der Waals surface area contributed by atoms with Gasteiger partial charge in [0.25, 0.3) is 0 Å². The van der Waals surface area contributed by atoms with E-state index in [2.05, 4.69) is 25.9 Å². The largest absolute Gasteiger partial charge is 0.384 e. The lowest BCUT2D eigenvalue weighted by Gasteiger charge is -2.28. The fourth-order valence-corrected chi connectivity index (χ4v) is 2.53. The van der Waals surface area contributed by atoms with Gasteiger partial charge in [0.1, 0.15) is 12.2 Å². The monoisotopic (exact) mass is 333 g/mol. The minimum atomic E-state index is -0.737. The van der Waals surface area contributed by atoms with Crippen molar-refractivity contribution < 1.29 is 14.6 Å². The lowest BCUT2D eigenvalue weighted by Crippen LogP contribution is -2.35. The molecule has 0 radical (unpaired) electrons. The summed E-state index contributed by atoms with van der Waals surface area (Å²) in [4.78, 5) is 2.08. The molecular formula is C12H20BrN3O3. The van der Waals surface area contributed by atoms with E-state index in [0.717, 1.165) is 23.3 Å². The minimum absolute atomic E-state index is 0.333. The van der Waals surface area contributed by atoms with Crippen molar-refractivity contribution in [1.82, 2.24) is 14.7 Å². The molecule has 7 heteroatoms. The first kappa shape index (κ1) is 14.9. The first-order valence-electron chi connectivity index (χ1n) is 6.33. The Morgan fingerprint density at radius 3 is 3.00 bits per heavy atom. The Balaban J connectivity index is 2.10. The van der Waals surface area contributed by atoms with E-state index in [1.54, 1.807) is 6.20 Å². The number of likely N-dealkylation sites (N-methyl/N-ethyl adjacent to an activating group) is 1. The maximum atomic E-state index is 10.5. The van der Waals surface area contributed by atoms with Gasteiger partial charge >= 0.3 is 0 Å². The highest BCUT2D eigenvalue weighted by molar-refractivity contribution is 9.10. The molecule has 108 valence electrons. The van der Waals surface area contributed by atoms with Crippen LogP contribution in [0.1, 0.15) is 11.8 Å². The lowest BCUT2D eigenvalue weighted by atomic mass is 10.1. The zero-order chi connectivity index (χ0) is 13.8. The molecule has 1 aromatic rings. The highest BCUT2D eigenvalue weighted by atomic mass is 79.9. The first-order valence-corrected chi connectivity index (χ1v) is 7.12. The highest BCUT2D eigenvalue weighted by Crippen LogP contribution is 2.28. The number of aromatic nitrogens is 2. The van der Waals surface area contributed by atoms with E-state index in [1.807, 2.05) is 18.8 Å². The first-order chi connectivity index (χ1) is 9.09. The molecule has 1 fully saturated rings. The Labute approximate surface area is 121 Å². The number of halogens is 1. The van der Waals surface area contributed by atoms with Gasteiger partial charge in [-0.3, -0.25) is 4.68 Å². The van der Waals surface area contributed by atoms with Crippen LogP contribution in [0.5, 0.6) is 0 Å². The van der Waals surface area contributed by atoms with Gasteiger partial charge < -0.3 is 19.5 Å². The summed E-state index contributed by atoms with van der Waals surface area (Å²) in [6.07, 6.45) is 0.636. The normalized spacial score (nSPS) is 21.8. The average molecular weight is 334 g/mol. The van der Waals surface area contributed by atoms with Crippen LogP contribution in [0.2, 0.25) is 0 Å². The van der Waals surface area contributed by atoms with Crippen molar-refractivity contribution in [3.05, 3.63) is 16.4 Å². The fraction of sp³-hybridized carbons (Fsp3) is 0.750. The summed E-state index contributed by atoms with van der Waals surface area (Å²) >= 11 is 3.44. The van der Waals surface area contributed by atoms with E-state index in [1.165, 1.54) is 0 Å². The summed E-state index contributed by atoms with van der Waals surface area (Å²) in [6.45, 7) is 3.09. The van der Waals surface area contributed by atoms with E-state index in [0.29, 0.717) is 19.8 Å². The smallest absolute Gasteiger partial charge is 0.125 e. The summed E-state index contributed by atoms with van der Waals surface area (Å²) in [5, 5.41) is 14.7. The van der Waals surface area contributed by atoms with E-state index in [4.69, 9.17) is 9.47 Å². The number of hydrogen-bond donors (Lipinski definition) is 1. The van der Waals surface area contributed by atoms with Crippen molar-refractivity contribution >= 4 is 15.9 Å². The molecular weight excluding hydrogens is 314 g/mol. The van der Waals surface area contributed by atoms with Crippen LogP contribution in [-0.2, 0) is 16.0 Å². The molecule has 1 N–H and O–H groups in total. The Morgan fingerprint density at radius 1 is 1.58 bits per heavy atom. The van der Waals surface area contributed by atoms with Crippen molar-refractivity contribution in [2.45, 2.75) is 18.8 Å². The van der Waals surface area contributed by atoms with Crippen molar-refractivity contribution in [3.63, 3.8) is 0 Å². The molecule has 0 amide bonds. The van der Waals surface area contributed by atoms with Crippen LogP contribution in [-0.4, -0.2) is 66.4 Å². The van der Waals surface area contributed by atoms with Crippen LogP contribution in [0.3, 0.4) is 0 Å². The van der Waals surface area contributed by atoms with Crippen LogP contribution in [0, 0.1) is 0 Å². The van der Waals surface area contributed by atoms with Crippen molar-refractivity contribution in [3.8, 4) is 0 Å². The molecule has 0 saturated carbocycles. The van der Waals surface area contributed by atoms with Crippen LogP contribution in [0.4, 0.5) is 0 Å². The molecule has 2 unspecified atom stereocenters. The van der Waals surface area contributed by atoms with Crippen molar-refractivity contribution in [2.24, 2.45) is 0 Å². The quantitative estimate of drug-likeness (QED) is 0.857. The zero-order valence-corrected chi connectivity index (χ0v) is 12.8. The van der Waals surface area contributed by atoms with Gasteiger partial charge in [0.15, 0.2) is 0 Å². The molecule has 0 spiro atoms. The minimum Gasteiger partial charge on any atom is -0.384 e. The van der Waals surface area contributed by atoms with Gasteiger partial charge in [0, 0.05) is 6.54 Å². The molecule has 19 heavy (non-hydrogen) atoms. The van der Waals surface area contributed by atoms with Crippen LogP contribution in [0.25, 0.3) is 0 Å². The van der Waals surface area contributed by atoms with Gasteiger partial charge in [-0.15, -0.1) is 0 Å². The van der Waals surface area contributed by atoms with E-state index >= 15 is 0 Å². The molecule has 1 aromatic heterocycles. The van der Waals surface area contributed by atoms with Gasteiger partial charge in [-0.1, -0.05) is 0 Å². The molecule has 2 rings (SSSR count). The van der Waals surface area contributed by atoms with Gasteiger partial charge in [-0.25, -0.2) is 0 Å². The molecule has 0 aromatic carbocycles. The lowest BCUT2D eigenvalue weighted by molar-refractivity contribution is -0.135. The van der Waals surface area contributed by atoms with Crippen molar-refractivity contribution in [1.29, 1.82) is 0 Å². The standard InChI is InChI=1S/C12H20BrN3O3/c1-15(2)3-4-16-11(9(13)7-14-16)12(17)10-8-18-5-6-19-10/h7,10,12,17H,3-6,8H2,1-2H3. The maximum absolute atomic E-state index is 10.5. The second-order valence-electron chi connectivity index (χ2n) is 4.83. The predicted molar refractivity (Wildman–Crippen MR) is 74.0 cm³/mol. The molecule has 0 aliphatic carbocycles. The highest BCUT2D eigenvalue weighted by Gasteiger charge is 2.29.